The Morgan fingerprint density at radius 1 is 1.19 bits per heavy atom. The summed E-state index contributed by atoms with van der Waals surface area (Å²) in [7, 11) is 0. The smallest absolute Gasteiger partial charge is 0.225 e. The number of rotatable bonds is 3. The van der Waals surface area contributed by atoms with Crippen molar-refractivity contribution in [1.82, 2.24) is 9.97 Å². The van der Waals surface area contributed by atoms with Gasteiger partial charge in [-0.2, -0.15) is 0 Å². The van der Waals surface area contributed by atoms with Crippen LogP contribution in [-0.2, 0) is 4.79 Å². The third-order valence-electron chi connectivity index (χ3n) is 3.23. The van der Waals surface area contributed by atoms with Crippen molar-refractivity contribution in [2.75, 3.05) is 5.32 Å². The van der Waals surface area contributed by atoms with E-state index in [9.17, 15) is 4.79 Å². The van der Waals surface area contributed by atoms with Crippen molar-refractivity contribution in [2.45, 2.75) is 12.8 Å². The molecule has 4 heteroatoms. The quantitative estimate of drug-likeness (QED) is 0.590. The van der Waals surface area contributed by atoms with Crippen molar-refractivity contribution in [2.24, 2.45) is 0 Å². The van der Waals surface area contributed by atoms with Gasteiger partial charge in [0.15, 0.2) is 0 Å². The lowest BCUT2D eigenvalue weighted by molar-refractivity contribution is -0.116. The van der Waals surface area contributed by atoms with Crippen LogP contribution in [0.15, 0.2) is 42.7 Å². The SMILES string of the molecule is C#CCCC(=O)Nc1cc2cccnc2c2ncccc12. The number of nitrogens with zero attached hydrogens (tertiary/aromatic N) is 2. The van der Waals surface area contributed by atoms with Gasteiger partial charge in [0.2, 0.25) is 5.91 Å². The summed E-state index contributed by atoms with van der Waals surface area (Å²) in [6.07, 6.45) is 9.38. The number of pyridine rings is 2. The number of carbonyl (C=O) groups excluding carboxylic acids is 1. The number of amides is 1. The van der Waals surface area contributed by atoms with Gasteiger partial charge in [0, 0.05) is 36.0 Å². The summed E-state index contributed by atoms with van der Waals surface area (Å²) in [5, 5.41) is 4.72. The van der Waals surface area contributed by atoms with E-state index in [4.69, 9.17) is 6.42 Å². The molecule has 102 valence electrons. The molecule has 21 heavy (non-hydrogen) atoms. The van der Waals surface area contributed by atoms with Gasteiger partial charge in [-0.15, -0.1) is 12.3 Å². The standard InChI is InChI=1S/C17H13N3O/c1-2-3-8-15(21)20-14-11-12-6-4-9-18-16(12)17-13(14)7-5-10-19-17/h1,4-7,9-11H,3,8H2,(H,20,21). The Bertz CT molecular complexity index is 865. The molecular formula is C17H13N3O. The van der Waals surface area contributed by atoms with E-state index in [1.54, 1.807) is 12.4 Å². The zero-order valence-electron chi connectivity index (χ0n) is 11.3. The molecule has 0 saturated heterocycles. The minimum Gasteiger partial charge on any atom is -0.325 e. The summed E-state index contributed by atoms with van der Waals surface area (Å²) in [6.45, 7) is 0. The molecule has 3 aromatic rings. The van der Waals surface area contributed by atoms with Gasteiger partial charge in [0.05, 0.1) is 16.7 Å². The lowest BCUT2D eigenvalue weighted by atomic mass is 10.1. The highest BCUT2D eigenvalue weighted by Crippen LogP contribution is 2.29. The van der Waals surface area contributed by atoms with Crippen molar-refractivity contribution in [3.05, 3.63) is 42.7 Å². The number of nitrogens with one attached hydrogen (secondary N) is 1. The van der Waals surface area contributed by atoms with Gasteiger partial charge in [-0.05, 0) is 24.3 Å². The van der Waals surface area contributed by atoms with Crippen LogP contribution in [0.1, 0.15) is 12.8 Å². The first-order chi connectivity index (χ1) is 10.3. The average Bonchev–Trinajstić information content (AvgIpc) is 2.53. The molecule has 1 N–H and O–H groups in total. The first kappa shape index (κ1) is 13.1. The largest absolute Gasteiger partial charge is 0.325 e. The summed E-state index contributed by atoms with van der Waals surface area (Å²) < 4.78 is 0. The summed E-state index contributed by atoms with van der Waals surface area (Å²) >= 11 is 0. The second kappa shape index (κ2) is 5.59. The average molecular weight is 275 g/mol. The molecule has 1 aromatic carbocycles. The number of terminal acetylenes is 1. The van der Waals surface area contributed by atoms with Gasteiger partial charge < -0.3 is 5.32 Å². The number of hydrogen-bond acceptors (Lipinski definition) is 3. The summed E-state index contributed by atoms with van der Waals surface area (Å²) in [6, 6.07) is 9.50. The van der Waals surface area contributed by atoms with Crippen LogP contribution in [0, 0.1) is 12.3 Å². The van der Waals surface area contributed by atoms with E-state index >= 15 is 0 Å². The first-order valence-electron chi connectivity index (χ1n) is 6.65. The van der Waals surface area contributed by atoms with Crippen LogP contribution in [0.3, 0.4) is 0 Å². The van der Waals surface area contributed by atoms with Crippen molar-refractivity contribution in [3.8, 4) is 12.3 Å². The minimum absolute atomic E-state index is 0.0960. The Morgan fingerprint density at radius 2 is 1.95 bits per heavy atom. The molecule has 2 heterocycles. The molecule has 0 bridgehead atoms. The minimum atomic E-state index is -0.0960. The van der Waals surface area contributed by atoms with Crippen molar-refractivity contribution < 1.29 is 4.79 Å². The molecule has 4 nitrogen and oxygen atoms in total. The zero-order valence-corrected chi connectivity index (χ0v) is 11.3. The Labute approximate surface area is 122 Å². The third-order valence-corrected chi connectivity index (χ3v) is 3.23. The fraction of sp³-hybridized carbons (Fsp3) is 0.118. The van der Waals surface area contributed by atoms with Gasteiger partial charge in [0.25, 0.3) is 0 Å². The van der Waals surface area contributed by atoms with Crippen molar-refractivity contribution in [3.63, 3.8) is 0 Å². The number of benzene rings is 1. The number of anilines is 1. The predicted molar refractivity (Wildman–Crippen MR) is 83.7 cm³/mol. The Morgan fingerprint density at radius 3 is 2.76 bits per heavy atom. The topological polar surface area (TPSA) is 54.9 Å². The van der Waals surface area contributed by atoms with Crippen LogP contribution in [0.25, 0.3) is 21.8 Å². The van der Waals surface area contributed by atoms with Crippen LogP contribution in [0.5, 0.6) is 0 Å². The molecule has 3 rings (SSSR count). The van der Waals surface area contributed by atoms with Crippen LogP contribution in [0.2, 0.25) is 0 Å². The van der Waals surface area contributed by atoms with Crippen LogP contribution in [0.4, 0.5) is 5.69 Å². The molecule has 0 radical (unpaired) electrons. The lowest BCUT2D eigenvalue weighted by Gasteiger charge is -2.10. The Balaban J connectivity index is 2.12. The molecular weight excluding hydrogens is 262 g/mol. The van der Waals surface area contributed by atoms with Crippen LogP contribution >= 0.6 is 0 Å². The monoisotopic (exact) mass is 275 g/mol. The van der Waals surface area contributed by atoms with E-state index in [0.29, 0.717) is 12.8 Å². The molecule has 0 aliphatic rings. The highest BCUT2D eigenvalue weighted by molar-refractivity contribution is 6.11. The predicted octanol–water partition coefficient (Wildman–Crippen LogP) is 3.13. The maximum Gasteiger partial charge on any atom is 0.225 e. The fourth-order valence-corrected chi connectivity index (χ4v) is 2.28. The van der Waals surface area contributed by atoms with Gasteiger partial charge in [-0.25, -0.2) is 0 Å². The maximum atomic E-state index is 11.9. The van der Waals surface area contributed by atoms with E-state index in [0.717, 1.165) is 27.5 Å². The maximum absolute atomic E-state index is 11.9. The third kappa shape index (κ3) is 2.54. The molecule has 0 atom stereocenters. The van der Waals surface area contributed by atoms with E-state index in [2.05, 4.69) is 21.2 Å². The number of hydrogen-bond donors (Lipinski definition) is 1. The highest BCUT2D eigenvalue weighted by atomic mass is 16.1. The molecule has 0 unspecified atom stereocenters. The molecule has 0 aliphatic carbocycles. The van der Waals surface area contributed by atoms with Crippen molar-refractivity contribution >= 4 is 33.4 Å². The number of aromatic nitrogens is 2. The molecule has 0 aliphatic heterocycles. The summed E-state index contributed by atoms with van der Waals surface area (Å²) in [4.78, 5) is 20.7. The molecule has 1 amide bonds. The Kier molecular flexibility index (Phi) is 3.48. The van der Waals surface area contributed by atoms with Gasteiger partial charge >= 0.3 is 0 Å². The van der Waals surface area contributed by atoms with Crippen LogP contribution in [-0.4, -0.2) is 15.9 Å². The highest BCUT2D eigenvalue weighted by Gasteiger charge is 2.10. The Hall–Kier alpha value is -2.93. The van der Waals surface area contributed by atoms with E-state index in [1.807, 2.05) is 30.3 Å². The summed E-state index contributed by atoms with van der Waals surface area (Å²) in [5.41, 5.74) is 2.35. The van der Waals surface area contributed by atoms with E-state index < -0.39 is 0 Å². The van der Waals surface area contributed by atoms with Crippen LogP contribution < -0.4 is 5.32 Å². The number of fused-ring (bicyclic) bond motifs is 3. The normalized spacial score (nSPS) is 10.4. The van der Waals surface area contributed by atoms with E-state index in [-0.39, 0.29) is 5.91 Å². The molecule has 0 saturated carbocycles. The van der Waals surface area contributed by atoms with Crippen molar-refractivity contribution in [1.29, 1.82) is 0 Å². The van der Waals surface area contributed by atoms with E-state index in [1.165, 1.54) is 0 Å². The van der Waals surface area contributed by atoms with Gasteiger partial charge in [-0.3, -0.25) is 14.8 Å². The lowest BCUT2D eigenvalue weighted by Crippen LogP contribution is -2.11. The molecule has 0 fully saturated rings. The second-order valence-corrected chi connectivity index (χ2v) is 4.65. The zero-order chi connectivity index (χ0) is 14.7. The summed E-state index contributed by atoms with van der Waals surface area (Å²) in [5.74, 6) is 2.37. The number of carbonyl (C=O) groups is 1. The first-order valence-corrected chi connectivity index (χ1v) is 6.65. The van der Waals surface area contributed by atoms with Gasteiger partial charge in [0.1, 0.15) is 0 Å². The second-order valence-electron chi connectivity index (χ2n) is 4.65. The fourth-order valence-electron chi connectivity index (χ4n) is 2.28. The van der Waals surface area contributed by atoms with Gasteiger partial charge in [-0.1, -0.05) is 6.07 Å². The molecule has 2 aromatic heterocycles. The molecule has 0 spiro atoms.